The van der Waals surface area contributed by atoms with Gasteiger partial charge in [0.2, 0.25) is 5.91 Å². The molecule has 1 saturated heterocycles. The maximum atomic E-state index is 11.9. The van der Waals surface area contributed by atoms with Gasteiger partial charge in [-0.15, -0.1) is 24.0 Å². The average molecular weight is 468 g/mol. The Labute approximate surface area is 170 Å². The van der Waals surface area contributed by atoms with Crippen molar-refractivity contribution in [2.75, 3.05) is 26.7 Å². The third kappa shape index (κ3) is 9.63. The van der Waals surface area contributed by atoms with E-state index in [9.17, 15) is 4.79 Å². The molecule has 1 amide bonds. The van der Waals surface area contributed by atoms with Gasteiger partial charge >= 0.3 is 0 Å². The number of guanidine groups is 1. The molecule has 25 heavy (non-hydrogen) atoms. The van der Waals surface area contributed by atoms with E-state index < -0.39 is 0 Å². The van der Waals surface area contributed by atoms with E-state index in [2.05, 4.69) is 41.7 Å². The van der Waals surface area contributed by atoms with Gasteiger partial charge in [0.1, 0.15) is 0 Å². The quantitative estimate of drug-likeness (QED) is 0.337. The van der Waals surface area contributed by atoms with Crippen LogP contribution in [0.4, 0.5) is 0 Å². The first-order valence-corrected chi connectivity index (χ1v) is 8.90. The van der Waals surface area contributed by atoms with Crippen LogP contribution in [0.15, 0.2) is 4.99 Å². The average Bonchev–Trinajstić information content (AvgIpc) is 2.45. The smallest absolute Gasteiger partial charge is 0.239 e. The molecular weight excluding hydrogens is 431 g/mol. The molecule has 3 N–H and O–H groups in total. The molecule has 0 aromatic heterocycles. The van der Waals surface area contributed by atoms with E-state index in [-0.39, 0.29) is 53.5 Å². The summed E-state index contributed by atoms with van der Waals surface area (Å²) in [5.74, 6) is 1.05. The zero-order chi connectivity index (χ0) is 18.4. The fourth-order valence-corrected chi connectivity index (χ4v) is 3.08. The minimum absolute atomic E-state index is 0. The molecule has 2 atom stereocenters. The SMILES string of the molecule is CN=C(NCC(=O)NC(C)(C)C)NCC1CCCOC1C(C)(C)C.I. The molecule has 0 saturated carbocycles. The molecule has 1 aliphatic rings. The molecule has 0 aromatic carbocycles. The summed E-state index contributed by atoms with van der Waals surface area (Å²) in [7, 11) is 1.72. The minimum atomic E-state index is -0.227. The van der Waals surface area contributed by atoms with Crippen molar-refractivity contribution in [3.63, 3.8) is 0 Å². The van der Waals surface area contributed by atoms with E-state index in [0.717, 1.165) is 26.0 Å². The number of rotatable bonds is 4. The lowest BCUT2D eigenvalue weighted by molar-refractivity contribution is -0.121. The highest BCUT2D eigenvalue weighted by molar-refractivity contribution is 14.0. The number of ether oxygens (including phenoxy) is 1. The first-order chi connectivity index (χ1) is 11.0. The minimum Gasteiger partial charge on any atom is -0.377 e. The van der Waals surface area contributed by atoms with Crippen molar-refractivity contribution < 1.29 is 9.53 Å². The molecule has 0 bridgehead atoms. The van der Waals surface area contributed by atoms with Gasteiger partial charge in [0, 0.05) is 31.7 Å². The summed E-state index contributed by atoms with van der Waals surface area (Å²) < 4.78 is 6.01. The Kier molecular flexibility index (Phi) is 10.3. The first kappa shape index (κ1) is 24.4. The highest BCUT2D eigenvalue weighted by Gasteiger charge is 2.35. The lowest BCUT2D eigenvalue weighted by atomic mass is 9.78. The van der Waals surface area contributed by atoms with E-state index >= 15 is 0 Å². The second-order valence-electron chi connectivity index (χ2n) is 8.66. The van der Waals surface area contributed by atoms with E-state index in [1.165, 1.54) is 0 Å². The number of aliphatic imine (C=N–C) groups is 1. The van der Waals surface area contributed by atoms with Gasteiger partial charge in [-0.25, -0.2) is 0 Å². The van der Waals surface area contributed by atoms with Crippen molar-refractivity contribution in [2.24, 2.45) is 16.3 Å². The molecule has 1 aliphatic heterocycles. The molecule has 148 valence electrons. The van der Waals surface area contributed by atoms with Crippen LogP contribution in [0.5, 0.6) is 0 Å². The lowest BCUT2D eigenvalue weighted by Crippen LogP contribution is -2.50. The molecule has 7 heteroatoms. The number of hydrogen-bond acceptors (Lipinski definition) is 3. The van der Waals surface area contributed by atoms with E-state index in [0.29, 0.717) is 11.9 Å². The fraction of sp³-hybridized carbons (Fsp3) is 0.889. The summed E-state index contributed by atoms with van der Waals surface area (Å²) in [5.41, 5.74) is -0.106. The third-order valence-corrected chi connectivity index (χ3v) is 3.98. The molecule has 0 spiro atoms. The number of amides is 1. The Morgan fingerprint density at radius 2 is 1.80 bits per heavy atom. The van der Waals surface area contributed by atoms with Crippen molar-refractivity contribution in [1.82, 2.24) is 16.0 Å². The third-order valence-electron chi connectivity index (χ3n) is 3.98. The summed E-state index contributed by atoms with van der Waals surface area (Å²) in [6, 6.07) is 0. The lowest BCUT2D eigenvalue weighted by Gasteiger charge is -2.40. The summed E-state index contributed by atoms with van der Waals surface area (Å²) >= 11 is 0. The van der Waals surface area contributed by atoms with Crippen LogP contribution in [0.3, 0.4) is 0 Å². The Hall–Kier alpha value is -0.570. The molecule has 6 nitrogen and oxygen atoms in total. The van der Waals surface area contributed by atoms with Crippen molar-refractivity contribution in [2.45, 2.75) is 66.0 Å². The Balaban J connectivity index is 0.00000576. The largest absolute Gasteiger partial charge is 0.377 e. The Morgan fingerprint density at radius 3 is 2.32 bits per heavy atom. The summed E-state index contributed by atoms with van der Waals surface area (Å²) in [5, 5.41) is 9.34. The van der Waals surface area contributed by atoms with E-state index in [4.69, 9.17) is 4.74 Å². The number of hydrogen-bond donors (Lipinski definition) is 3. The fourth-order valence-electron chi connectivity index (χ4n) is 3.08. The number of halogens is 1. The maximum absolute atomic E-state index is 11.9. The number of nitrogens with zero attached hydrogens (tertiary/aromatic N) is 1. The van der Waals surface area contributed by atoms with Gasteiger partial charge in [0.05, 0.1) is 12.6 Å². The van der Waals surface area contributed by atoms with Crippen molar-refractivity contribution in [1.29, 1.82) is 0 Å². The van der Waals surface area contributed by atoms with Gasteiger partial charge in [-0.3, -0.25) is 9.79 Å². The van der Waals surface area contributed by atoms with Crippen LogP contribution in [-0.4, -0.2) is 50.3 Å². The predicted octanol–water partition coefficient (Wildman–Crippen LogP) is 2.53. The molecule has 0 aromatic rings. The van der Waals surface area contributed by atoms with Crippen molar-refractivity contribution in [3.8, 4) is 0 Å². The van der Waals surface area contributed by atoms with Gasteiger partial charge in [-0.05, 0) is 39.0 Å². The topological polar surface area (TPSA) is 74.8 Å². The number of carbonyl (C=O) groups excluding carboxylic acids is 1. The standard InChI is InChI=1S/C18H36N4O2.HI/c1-17(2,3)15-13(9-8-10-24-15)11-20-16(19-7)21-12-14(23)22-18(4,5)6;/h13,15H,8-12H2,1-7H3,(H,22,23)(H2,19,20,21);1H. The van der Waals surface area contributed by atoms with Crippen LogP contribution >= 0.6 is 24.0 Å². The Morgan fingerprint density at radius 1 is 1.16 bits per heavy atom. The van der Waals surface area contributed by atoms with Gasteiger partial charge < -0.3 is 20.7 Å². The number of nitrogens with one attached hydrogen (secondary N) is 3. The van der Waals surface area contributed by atoms with Crippen molar-refractivity contribution >= 4 is 35.8 Å². The highest BCUT2D eigenvalue weighted by atomic mass is 127. The molecule has 1 heterocycles. The van der Waals surface area contributed by atoms with Gasteiger partial charge in [0.15, 0.2) is 5.96 Å². The van der Waals surface area contributed by atoms with Crippen LogP contribution in [-0.2, 0) is 9.53 Å². The van der Waals surface area contributed by atoms with Gasteiger partial charge in [-0.1, -0.05) is 20.8 Å². The normalized spacial score (nSPS) is 22.0. The van der Waals surface area contributed by atoms with Gasteiger partial charge in [0.25, 0.3) is 0 Å². The monoisotopic (exact) mass is 468 g/mol. The summed E-state index contributed by atoms with van der Waals surface area (Å²) in [6.45, 7) is 14.4. The van der Waals surface area contributed by atoms with Crippen molar-refractivity contribution in [3.05, 3.63) is 0 Å². The van der Waals surface area contributed by atoms with Crippen LogP contribution in [0.2, 0.25) is 0 Å². The second-order valence-corrected chi connectivity index (χ2v) is 8.66. The molecule has 0 aliphatic carbocycles. The second kappa shape index (κ2) is 10.5. The zero-order valence-corrected chi connectivity index (χ0v) is 19.2. The van der Waals surface area contributed by atoms with Crippen LogP contribution < -0.4 is 16.0 Å². The summed E-state index contributed by atoms with van der Waals surface area (Å²) in [6.07, 6.45) is 2.48. The van der Waals surface area contributed by atoms with Gasteiger partial charge in [-0.2, -0.15) is 0 Å². The predicted molar refractivity (Wildman–Crippen MR) is 115 cm³/mol. The van der Waals surface area contributed by atoms with E-state index in [1.54, 1.807) is 7.05 Å². The van der Waals surface area contributed by atoms with Crippen LogP contribution in [0.1, 0.15) is 54.4 Å². The molecule has 2 unspecified atom stereocenters. The van der Waals surface area contributed by atoms with Crippen LogP contribution in [0.25, 0.3) is 0 Å². The Bertz CT molecular complexity index is 441. The zero-order valence-electron chi connectivity index (χ0n) is 16.9. The van der Waals surface area contributed by atoms with Crippen LogP contribution in [0, 0.1) is 11.3 Å². The molecule has 0 radical (unpaired) electrons. The molecular formula is C18H37IN4O2. The summed E-state index contributed by atoms with van der Waals surface area (Å²) in [4.78, 5) is 16.1. The maximum Gasteiger partial charge on any atom is 0.239 e. The molecule has 1 rings (SSSR count). The highest BCUT2D eigenvalue weighted by Crippen LogP contribution is 2.33. The number of carbonyl (C=O) groups is 1. The van der Waals surface area contributed by atoms with E-state index in [1.807, 2.05) is 20.8 Å². The molecule has 1 fully saturated rings. The first-order valence-electron chi connectivity index (χ1n) is 8.90.